The Morgan fingerprint density at radius 2 is 2.05 bits per heavy atom. The van der Waals surface area contributed by atoms with Crippen LogP contribution in [-0.4, -0.2) is 47.0 Å². The Bertz CT molecular complexity index is 699. The van der Waals surface area contributed by atoms with Gasteiger partial charge in [-0.2, -0.15) is 0 Å². The number of aromatic nitrogens is 2. The molecule has 0 atom stereocenters. The van der Waals surface area contributed by atoms with E-state index in [9.17, 15) is 9.90 Å². The quantitative estimate of drug-likeness (QED) is 0.928. The van der Waals surface area contributed by atoms with Gasteiger partial charge in [0.25, 0.3) is 0 Å². The van der Waals surface area contributed by atoms with E-state index in [1.54, 1.807) is 12.1 Å². The summed E-state index contributed by atoms with van der Waals surface area (Å²) in [7, 11) is 0. The number of hydrogen-bond acceptors (Lipinski definition) is 4. The van der Waals surface area contributed by atoms with Gasteiger partial charge in [-0.05, 0) is 31.0 Å². The first-order valence-corrected chi connectivity index (χ1v) is 7.33. The molecule has 0 unspecified atom stereocenters. The molecule has 110 valence electrons. The van der Waals surface area contributed by atoms with E-state index in [2.05, 4.69) is 9.69 Å². The number of benzene rings is 1. The number of imidazole rings is 1. The largest absolute Gasteiger partial charge is 0.478 e. The average molecular weight is 287 g/mol. The molecule has 6 nitrogen and oxygen atoms in total. The first-order chi connectivity index (χ1) is 10.2. The molecule has 2 aliphatic rings. The van der Waals surface area contributed by atoms with Crippen molar-refractivity contribution in [3.05, 3.63) is 29.6 Å². The van der Waals surface area contributed by atoms with Gasteiger partial charge in [-0.1, -0.05) is 0 Å². The molecule has 2 heterocycles. The summed E-state index contributed by atoms with van der Waals surface area (Å²) in [5.41, 5.74) is 2.06. The molecule has 1 saturated carbocycles. The van der Waals surface area contributed by atoms with Crippen molar-refractivity contribution in [3.63, 3.8) is 0 Å². The van der Waals surface area contributed by atoms with Gasteiger partial charge in [-0.15, -0.1) is 0 Å². The zero-order chi connectivity index (χ0) is 14.4. The molecule has 2 fully saturated rings. The minimum atomic E-state index is -0.903. The van der Waals surface area contributed by atoms with Gasteiger partial charge >= 0.3 is 5.97 Å². The summed E-state index contributed by atoms with van der Waals surface area (Å²) in [6.45, 7) is 3.01. The molecule has 21 heavy (non-hydrogen) atoms. The zero-order valence-electron chi connectivity index (χ0n) is 11.7. The SMILES string of the molecule is O=C(O)c1ccc2nc(C3CC3)n(N3CCOCC3)c2c1. The summed E-state index contributed by atoms with van der Waals surface area (Å²) in [6.07, 6.45) is 2.33. The number of nitrogens with zero attached hydrogens (tertiary/aromatic N) is 3. The smallest absolute Gasteiger partial charge is 0.335 e. The molecule has 1 saturated heterocycles. The van der Waals surface area contributed by atoms with Crippen molar-refractivity contribution in [2.24, 2.45) is 0 Å². The van der Waals surface area contributed by atoms with E-state index in [1.165, 1.54) is 12.8 Å². The van der Waals surface area contributed by atoms with Crippen molar-refractivity contribution in [2.45, 2.75) is 18.8 Å². The van der Waals surface area contributed by atoms with Crippen molar-refractivity contribution < 1.29 is 14.6 Å². The van der Waals surface area contributed by atoms with Gasteiger partial charge in [0, 0.05) is 5.92 Å². The lowest BCUT2D eigenvalue weighted by molar-refractivity contribution is 0.0697. The predicted octanol–water partition coefficient (Wildman–Crippen LogP) is 1.58. The molecular weight excluding hydrogens is 270 g/mol. The van der Waals surface area contributed by atoms with E-state index in [0.717, 1.165) is 29.9 Å². The van der Waals surface area contributed by atoms with Crippen LogP contribution in [-0.2, 0) is 4.74 Å². The monoisotopic (exact) mass is 287 g/mol. The van der Waals surface area contributed by atoms with Gasteiger partial charge < -0.3 is 14.9 Å². The fourth-order valence-electron chi connectivity index (χ4n) is 2.87. The zero-order valence-corrected chi connectivity index (χ0v) is 11.7. The molecule has 1 aromatic heterocycles. The lowest BCUT2D eigenvalue weighted by Gasteiger charge is -2.31. The molecule has 4 rings (SSSR count). The molecule has 1 aliphatic heterocycles. The van der Waals surface area contributed by atoms with E-state index in [0.29, 0.717) is 24.7 Å². The first kappa shape index (κ1) is 12.6. The highest BCUT2D eigenvalue weighted by Crippen LogP contribution is 2.40. The fraction of sp³-hybridized carbons (Fsp3) is 0.467. The van der Waals surface area contributed by atoms with Crippen LogP contribution in [0.2, 0.25) is 0 Å². The standard InChI is InChI=1S/C15H17N3O3/c19-15(20)11-3-4-12-13(9-11)18(14(16-12)10-1-2-10)17-5-7-21-8-6-17/h3-4,9-10H,1-2,5-8H2,(H,19,20). The summed E-state index contributed by atoms with van der Waals surface area (Å²) in [6, 6.07) is 5.16. The van der Waals surface area contributed by atoms with Crippen LogP contribution in [0.5, 0.6) is 0 Å². The van der Waals surface area contributed by atoms with Crippen LogP contribution in [0.1, 0.15) is 34.9 Å². The number of ether oxygens (including phenoxy) is 1. The van der Waals surface area contributed by atoms with Crippen LogP contribution in [0.15, 0.2) is 18.2 Å². The predicted molar refractivity (Wildman–Crippen MR) is 77.4 cm³/mol. The molecule has 2 aromatic rings. The maximum Gasteiger partial charge on any atom is 0.335 e. The maximum atomic E-state index is 11.2. The van der Waals surface area contributed by atoms with Crippen molar-refractivity contribution in [2.75, 3.05) is 31.3 Å². The number of rotatable bonds is 3. The Morgan fingerprint density at radius 1 is 1.29 bits per heavy atom. The van der Waals surface area contributed by atoms with Gasteiger partial charge in [0.05, 0.1) is 42.9 Å². The van der Waals surface area contributed by atoms with Crippen LogP contribution in [0.25, 0.3) is 11.0 Å². The number of aromatic carboxylic acids is 1. The van der Waals surface area contributed by atoms with Crippen LogP contribution in [0, 0.1) is 0 Å². The highest BCUT2D eigenvalue weighted by molar-refractivity contribution is 5.92. The Kier molecular flexibility index (Phi) is 2.85. The maximum absolute atomic E-state index is 11.2. The van der Waals surface area contributed by atoms with Crippen LogP contribution in [0.4, 0.5) is 0 Å². The lowest BCUT2D eigenvalue weighted by atomic mass is 10.2. The van der Waals surface area contributed by atoms with Crippen LogP contribution < -0.4 is 5.01 Å². The second-order valence-electron chi connectivity index (χ2n) is 5.63. The molecule has 1 aliphatic carbocycles. The van der Waals surface area contributed by atoms with Crippen LogP contribution >= 0.6 is 0 Å². The van der Waals surface area contributed by atoms with Gasteiger partial charge in [0.2, 0.25) is 0 Å². The number of carboxylic acid groups (broad SMARTS) is 1. The summed E-state index contributed by atoms with van der Waals surface area (Å²) in [5.74, 6) is 0.669. The van der Waals surface area contributed by atoms with Crippen molar-refractivity contribution >= 4 is 17.0 Å². The highest BCUT2D eigenvalue weighted by atomic mass is 16.5. The highest BCUT2D eigenvalue weighted by Gasteiger charge is 2.32. The molecule has 6 heteroatoms. The molecule has 1 aromatic carbocycles. The van der Waals surface area contributed by atoms with Crippen molar-refractivity contribution in [3.8, 4) is 0 Å². The Balaban J connectivity index is 1.88. The van der Waals surface area contributed by atoms with Crippen molar-refractivity contribution in [1.29, 1.82) is 0 Å². The molecular formula is C15H17N3O3. The van der Waals surface area contributed by atoms with E-state index >= 15 is 0 Å². The van der Waals surface area contributed by atoms with Gasteiger partial charge in [-0.25, -0.2) is 14.5 Å². The molecule has 0 bridgehead atoms. The minimum Gasteiger partial charge on any atom is -0.478 e. The summed E-state index contributed by atoms with van der Waals surface area (Å²) in [4.78, 5) is 16.0. The third kappa shape index (κ3) is 2.15. The average Bonchev–Trinajstić information content (AvgIpc) is 3.28. The number of fused-ring (bicyclic) bond motifs is 1. The molecule has 0 amide bonds. The van der Waals surface area contributed by atoms with E-state index in [-0.39, 0.29) is 0 Å². The second-order valence-corrected chi connectivity index (χ2v) is 5.63. The molecule has 1 N–H and O–H groups in total. The van der Waals surface area contributed by atoms with E-state index in [1.807, 2.05) is 6.07 Å². The number of morpholine rings is 1. The fourth-order valence-corrected chi connectivity index (χ4v) is 2.87. The number of carbonyl (C=O) groups is 1. The van der Waals surface area contributed by atoms with E-state index < -0.39 is 5.97 Å². The van der Waals surface area contributed by atoms with Gasteiger partial charge in [0.15, 0.2) is 0 Å². The molecule has 0 spiro atoms. The third-order valence-corrected chi connectivity index (χ3v) is 4.12. The van der Waals surface area contributed by atoms with Gasteiger partial charge in [0.1, 0.15) is 5.82 Å². The third-order valence-electron chi connectivity index (χ3n) is 4.12. The summed E-state index contributed by atoms with van der Waals surface area (Å²) >= 11 is 0. The number of carboxylic acids is 1. The van der Waals surface area contributed by atoms with Crippen molar-refractivity contribution in [1.82, 2.24) is 9.66 Å². The van der Waals surface area contributed by atoms with Gasteiger partial charge in [-0.3, -0.25) is 0 Å². The van der Waals surface area contributed by atoms with Crippen LogP contribution in [0.3, 0.4) is 0 Å². The topological polar surface area (TPSA) is 67.6 Å². The summed E-state index contributed by atoms with van der Waals surface area (Å²) < 4.78 is 7.55. The van der Waals surface area contributed by atoms with E-state index in [4.69, 9.17) is 9.72 Å². The lowest BCUT2D eigenvalue weighted by Crippen LogP contribution is -2.44. The Labute approximate surface area is 121 Å². The first-order valence-electron chi connectivity index (χ1n) is 7.33. The Morgan fingerprint density at radius 3 is 2.71 bits per heavy atom. The number of hydrogen-bond donors (Lipinski definition) is 1. The summed E-state index contributed by atoms with van der Waals surface area (Å²) in [5, 5.41) is 11.4. The Hall–Kier alpha value is -2.08. The minimum absolute atomic E-state index is 0.305. The second kappa shape index (κ2) is 4.73. The normalized spacial score (nSPS) is 19.1. The molecule has 0 radical (unpaired) electrons.